The quantitative estimate of drug-likeness (QED) is 0.612. The molecule has 0 fully saturated rings. The van der Waals surface area contributed by atoms with E-state index in [0.29, 0.717) is 22.8 Å². The van der Waals surface area contributed by atoms with E-state index in [0.717, 1.165) is 10.2 Å². The number of ether oxygens (including phenoxy) is 1. The van der Waals surface area contributed by atoms with Gasteiger partial charge in [-0.05, 0) is 54.4 Å². The SMILES string of the molecule is Cc1cc([N+](=O)[O-])c(C)cc1Oc1ccc(Br)c(C)n1. The van der Waals surface area contributed by atoms with Gasteiger partial charge in [-0.3, -0.25) is 10.1 Å². The van der Waals surface area contributed by atoms with E-state index in [-0.39, 0.29) is 5.69 Å². The maximum absolute atomic E-state index is 10.9. The third kappa shape index (κ3) is 2.96. The summed E-state index contributed by atoms with van der Waals surface area (Å²) in [4.78, 5) is 14.8. The molecule has 0 saturated heterocycles. The van der Waals surface area contributed by atoms with Crippen molar-refractivity contribution in [3.8, 4) is 11.6 Å². The Kier molecular flexibility index (Phi) is 4.04. The fourth-order valence-electron chi connectivity index (χ4n) is 1.77. The van der Waals surface area contributed by atoms with Gasteiger partial charge in [-0.1, -0.05) is 0 Å². The molecule has 5 nitrogen and oxygen atoms in total. The predicted molar refractivity (Wildman–Crippen MR) is 79.3 cm³/mol. The third-order valence-corrected chi connectivity index (χ3v) is 3.74. The highest BCUT2D eigenvalue weighted by molar-refractivity contribution is 9.10. The van der Waals surface area contributed by atoms with E-state index >= 15 is 0 Å². The molecule has 6 heteroatoms. The van der Waals surface area contributed by atoms with Crippen molar-refractivity contribution >= 4 is 21.6 Å². The van der Waals surface area contributed by atoms with Crippen LogP contribution < -0.4 is 4.74 Å². The zero-order valence-corrected chi connectivity index (χ0v) is 12.9. The Morgan fingerprint density at radius 1 is 1.20 bits per heavy atom. The Morgan fingerprint density at radius 3 is 2.50 bits per heavy atom. The lowest BCUT2D eigenvalue weighted by Crippen LogP contribution is -1.96. The molecule has 0 amide bonds. The van der Waals surface area contributed by atoms with Crippen LogP contribution in [-0.2, 0) is 0 Å². The Bertz CT molecular complexity index is 686. The van der Waals surface area contributed by atoms with Gasteiger partial charge in [0.2, 0.25) is 5.88 Å². The van der Waals surface area contributed by atoms with Crippen molar-refractivity contribution in [2.24, 2.45) is 0 Å². The van der Waals surface area contributed by atoms with Crippen molar-refractivity contribution in [1.82, 2.24) is 4.98 Å². The highest BCUT2D eigenvalue weighted by Gasteiger charge is 2.14. The summed E-state index contributed by atoms with van der Waals surface area (Å²) in [6.07, 6.45) is 0. The van der Waals surface area contributed by atoms with Crippen molar-refractivity contribution in [1.29, 1.82) is 0 Å². The molecule has 20 heavy (non-hydrogen) atoms. The second-order valence-electron chi connectivity index (χ2n) is 4.48. The molecule has 0 radical (unpaired) electrons. The minimum Gasteiger partial charge on any atom is -0.439 e. The van der Waals surface area contributed by atoms with Gasteiger partial charge in [-0.15, -0.1) is 0 Å². The number of hydrogen-bond donors (Lipinski definition) is 0. The number of rotatable bonds is 3. The van der Waals surface area contributed by atoms with Crippen LogP contribution in [0.3, 0.4) is 0 Å². The average Bonchev–Trinajstić information content (AvgIpc) is 2.37. The van der Waals surface area contributed by atoms with Crippen LogP contribution in [0.25, 0.3) is 0 Å². The van der Waals surface area contributed by atoms with Crippen LogP contribution >= 0.6 is 15.9 Å². The van der Waals surface area contributed by atoms with Gasteiger partial charge in [0, 0.05) is 22.2 Å². The molecule has 0 bridgehead atoms. The maximum Gasteiger partial charge on any atom is 0.272 e. The van der Waals surface area contributed by atoms with Gasteiger partial charge in [0.15, 0.2) is 0 Å². The van der Waals surface area contributed by atoms with Gasteiger partial charge in [-0.25, -0.2) is 4.98 Å². The van der Waals surface area contributed by atoms with Gasteiger partial charge >= 0.3 is 0 Å². The second kappa shape index (κ2) is 5.58. The minimum absolute atomic E-state index is 0.0924. The molecule has 0 unspecified atom stereocenters. The van der Waals surface area contributed by atoms with Crippen LogP contribution in [0.5, 0.6) is 11.6 Å². The summed E-state index contributed by atoms with van der Waals surface area (Å²) in [6.45, 7) is 5.32. The summed E-state index contributed by atoms with van der Waals surface area (Å²) < 4.78 is 6.61. The molecule has 0 N–H and O–H groups in total. The molecular weight excluding hydrogens is 324 g/mol. The molecule has 0 aliphatic carbocycles. The number of nitro groups is 1. The molecule has 0 aliphatic rings. The number of pyridine rings is 1. The number of hydrogen-bond acceptors (Lipinski definition) is 4. The first-order valence-corrected chi connectivity index (χ1v) is 6.74. The number of halogens is 1. The number of aromatic nitrogens is 1. The minimum atomic E-state index is -0.395. The van der Waals surface area contributed by atoms with Crippen LogP contribution in [0.1, 0.15) is 16.8 Å². The van der Waals surface area contributed by atoms with Crippen molar-refractivity contribution in [2.75, 3.05) is 0 Å². The zero-order valence-electron chi connectivity index (χ0n) is 11.3. The molecule has 2 aromatic rings. The van der Waals surface area contributed by atoms with Gasteiger partial charge in [0.05, 0.1) is 10.6 Å². The van der Waals surface area contributed by atoms with Crippen molar-refractivity contribution in [3.05, 3.63) is 55.7 Å². The highest BCUT2D eigenvalue weighted by Crippen LogP contribution is 2.31. The van der Waals surface area contributed by atoms with Crippen LogP contribution in [0.15, 0.2) is 28.7 Å². The van der Waals surface area contributed by atoms with E-state index in [1.807, 2.05) is 13.0 Å². The monoisotopic (exact) mass is 336 g/mol. The van der Waals surface area contributed by atoms with E-state index < -0.39 is 4.92 Å². The summed E-state index contributed by atoms with van der Waals surface area (Å²) in [6, 6.07) is 6.77. The largest absolute Gasteiger partial charge is 0.439 e. The average molecular weight is 337 g/mol. The Balaban J connectivity index is 2.36. The summed E-state index contributed by atoms with van der Waals surface area (Å²) in [5.74, 6) is 1.03. The van der Waals surface area contributed by atoms with Crippen LogP contribution in [-0.4, -0.2) is 9.91 Å². The Labute approximate surface area is 124 Å². The molecule has 1 aromatic carbocycles. The number of nitro benzene ring substituents is 1. The Morgan fingerprint density at radius 2 is 1.90 bits per heavy atom. The van der Waals surface area contributed by atoms with E-state index in [2.05, 4.69) is 20.9 Å². The van der Waals surface area contributed by atoms with Gasteiger partial charge < -0.3 is 4.74 Å². The fraction of sp³-hybridized carbons (Fsp3) is 0.214. The molecule has 0 spiro atoms. The van der Waals surface area contributed by atoms with Crippen molar-refractivity contribution in [2.45, 2.75) is 20.8 Å². The predicted octanol–water partition coefficient (Wildman–Crippen LogP) is 4.47. The zero-order chi connectivity index (χ0) is 14.9. The van der Waals surface area contributed by atoms with E-state index in [1.54, 1.807) is 26.0 Å². The van der Waals surface area contributed by atoms with Gasteiger partial charge in [0.1, 0.15) is 5.75 Å². The highest BCUT2D eigenvalue weighted by atomic mass is 79.9. The van der Waals surface area contributed by atoms with Crippen molar-refractivity contribution in [3.63, 3.8) is 0 Å². The van der Waals surface area contributed by atoms with Gasteiger partial charge in [0.25, 0.3) is 5.69 Å². The Hall–Kier alpha value is -1.95. The molecule has 2 rings (SSSR count). The number of nitrogens with zero attached hydrogens (tertiary/aromatic N) is 2. The maximum atomic E-state index is 10.9. The number of benzene rings is 1. The summed E-state index contributed by atoms with van der Waals surface area (Å²) in [5.41, 5.74) is 2.17. The topological polar surface area (TPSA) is 65.3 Å². The summed E-state index contributed by atoms with van der Waals surface area (Å²) in [7, 11) is 0. The van der Waals surface area contributed by atoms with E-state index in [9.17, 15) is 10.1 Å². The second-order valence-corrected chi connectivity index (χ2v) is 5.33. The summed E-state index contributed by atoms with van der Waals surface area (Å²) in [5, 5.41) is 10.9. The van der Waals surface area contributed by atoms with E-state index in [1.165, 1.54) is 6.07 Å². The van der Waals surface area contributed by atoms with Gasteiger partial charge in [-0.2, -0.15) is 0 Å². The number of aryl methyl sites for hydroxylation is 3. The molecule has 1 heterocycles. The molecular formula is C14H13BrN2O3. The summed E-state index contributed by atoms with van der Waals surface area (Å²) >= 11 is 3.37. The van der Waals surface area contributed by atoms with Crippen LogP contribution in [0, 0.1) is 30.9 Å². The molecule has 0 saturated carbocycles. The molecule has 104 valence electrons. The lowest BCUT2D eigenvalue weighted by atomic mass is 10.1. The lowest BCUT2D eigenvalue weighted by molar-refractivity contribution is -0.385. The molecule has 0 aliphatic heterocycles. The first-order chi connectivity index (χ1) is 9.38. The molecule has 1 aromatic heterocycles. The normalized spacial score (nSPS) is 10.4. The first kappa shape index (κ1) is 14.5. The van der Waals surface area contributed by atoms with Crippen LogP contribution in [0.2, 0.25) is 0 Å². The smallest absolute Gasteiger partial charge is 0.272 e. The fourth-order valence-corrected chi connectivity index (χ4v) is 1.99. The van der Waals surface area contributed by atoms with Crippen molar-refractivity contribution < 1.29 is 9.66 Å². The standard InChI is InChI=1S/C14H13BrN2O3/c1-8-7-13(9(2)6-12(8)17(18)19)20-14-5-4-11(15)10(3)16-14/h4-7H,1-3H3. The first-order valence-electron chi connectivity index (χ1n) is 5.95. The lowest BCUT2D eigenvalue weighted by Gasteiger charge is -2.10. The van der Waals surface area contributed by atoms with Crippen LogP contribution in [0.4, 0.5) is 5.69 Å². The van der Waals surface area contributed by atoms with E-state index in [4.69, 9.17) is 4.74 Å². The third-order valence-electron chi connectivity index (χ3n) is 2.90. The molecule has 0 atom stereocenters.